The largest absolute Gasteiger partial charge is 0.494 e. The number of hydrogen-bond donors (Lipinski definition) is 3. The lowest BCUT2D eigenvalue weighted by atomic mass is 10.00. The van der Waals surface area contributed by atoms with Gasteiger partial charge in [0, 0.05) is 54.3 Å². The number of H-pyrrole nitrogens is 1. The van der Waals surface area contributed by atoms with E-state index in [2.05, 4.69) is 29.0 Å². The van der Waals surface area contributed by atoms with Crippen molar-refractivity contribution in [1.29, 1.82) is 0 Å². The summed E-state index contributed by atoms with van der Waals surface area (Å²) in [5, 5.41) is 14.7. The van der Waals surface area contributed by atoms with Crippen molar-refractivity contribution in [2.75, 3.05) is 39.8 Å². The Morgan fingerprint density at radius 1 is 0.875 bits per heavy atom. The molecule has 0 atom stereocenters. The van der Waals surface area contributed by atoms with Gasteiger partial charge in [0.25, 0.3) is 11.8 Å². The number of aromatic nitrogens is 1. The van der Waals surface area contributed by atoms with Crippen LogP contribution in [0.2, 0.25) is 0 Å². The first-order valence-corrected chi connectivity index (χ1v) is 13.7. The fourth-order valence-corrected chi connectivity index (χ4v) is 4.57. The van der Waals surface area contributed by atoms with Crippen molar-refractivity contribution in [3.05, 3.63) is 95.1 Å². The first-order valence-electron chi connectivity index (χ1n) is 13.7. The Balaban J connectivity index is 1.66. The van der Waals surface area contributed by atoms with Gasteiger partial charge in [0.15, 0.2) is 5.88 Å². The lowest BCUT2D eigenvalue weighted by molar-refractivity contribution is 0.0802. The maximum absolute atomic E-state index is 12.7. The van der Waals surface area contributed by atoms with E-state index in [0.717, 1.165) is 30.6 Å². The summed E-state index contributed by atoms with van der Waals surface area (Å²) >= 11 is 0. The Labute approximate surface area is 235 Å². The average Bonchev–Trinajstić information content (AvgIpc) is 3.32. The van der Waals surface area contributed by atoms with Crippen LogP contribution in [0.3, 0.4) is 0 Å². The molecule has 40 heavy (non-hydrogen) atoms. The molecule has 0 bridgehead atoms. The normalized spacial score (nSPS) is 11.7. The summed E-state index contributed by atoms with van der Waals surface area (Å²) in [6.45, 7) is 10.0. The molecule has 1 aromatic heterocycles. The van der Waals surface area contributed by atoms with Gasteiger partial charge in [-0.1, -0.05) is 50.2 Å². The van der Waals surface area contributed by atoms with Gasteiger partial charge in [0.05, 0.1) is 17.0 Å². The predicted octanol–water partition coefficient (Wildman–Crippen LogP) is 5.21. The van der Waals surface area contributed by atoms with Crippen molar-refractivity contribution >= 4 is 34.1 Å². The highest BCUT2D eigenvalue weighted by Crippen LogP contribution is 2.32. The molecule has 0 aliphatic heterocycles. The minimum atomic E-state index is -0.126. The van der Waals surface area contributed by atoms with Gasteiger partial charge >= 0.3 is 0 Å². The second kappa shape index (κ2) is 13.1. The van der Waals surface area contributed by atoms with E-state index in [1.807, 2.05) is 43.3 Å². The lowest BCUT2D eigenvalue weighted by Gasteiger charge is -2.17. The maximum atomic E-state index is 12.7. The minimum absolute atomic E-state index is 0.0322. The highest BCUT2D eigenvalue weighted by molar-refractivity contribution is 6.22. The number of aromatic amines is 1. The van der Waals surface area contributed by atoms with E-state index in [0.29, 0.717) is 46.7 Å². The number of carbonyl (C=O) groups is 2. The van der Waals surface area contributed by atoms with E-state index < -0.39 is 0 Å². The third-order valence-electron chi connectivity index (χ3n) is 7.11. The molecule has 3 aromatic carbocycles. The molecular weight excluding hydrogens is 502 g/mol. The minimum Gasteiger partial charge on any atom is -0.494 e. The SMILES string of the molecule is CCN(CC)CCNC(=O)c1ccc(N=C(c2ccccc2)c2c(O)[nH]c3cc(C(=O)N(C)CC)ccc23)cc1. The molecule has 0 saturated heterocycles. The van der Waals surface area contributed by atoms with Crippen molar-refractivity contribution in [3.8, 4) is 5.88 Å². The van der Waals surface area contributed by atoms with Crippen molar-refractivity contribution in [2.45, 2.75) is 20.8 Å². The van der Waals surface area contributed by atoms with E-state index in [1.54, 1.807) is 48.3 Å². The highest BCUT2D eigenvalue weighted by Gasteiger charge is 2.20. The van der Waals surface area contributed by atoms with Gasteiger partial charge in [0.2, 0.25) is 0 Å². The smallest absolute Gasteiger partial charge is 0.253 e. The Morgan fingerprint density at radius 3 is 2.20 bits per heavy atom. The molecule has 0 aliphatic rings. The van der Waals surface area contributed by atoms with Crippen LogP contribution in [0.25, 0.3) is 10.9 Å². The fraction of sp³-hybridized carbons (Fsp3) is 0.281. The monoisotopic (exact) mass is 539 g/mol. The van der Waals surface area contributed by atoms with E-state index in [9.17, 15) is 14.7 Å². The number of aliphatic imine (C=N–C) groups is 1. The van der Waals surface area contributed by atoms with Crippen LogP contribution in [-0.2, 0) is 0 Å². The molecule has 8 nitrogen and oxygen atoms in total. The summed E-state index contributed by atoms with van der Waals surface area (Å²) < 4.78 is 0. The average molecular weight is 540 g/mol. The van der Waals surface area contributed by atoms with Crippen LogP contribution in [-0.4, -0.2) is 77.2 Å². The zero-order chi connectivity index (χ0) is 28.6. The van der Waals surface area contributed by atoms with Gasteiger partial charge in [-0.05, 0) is 56.4 Å². The number of nitrogens with one attached hydrogen (secondary N) is 2. The number of carbonyl (C=O) groups excluding carboxylic acids is 2. The highest BCUT2D eigenvalue weighted by atomic mass is 16.3. The van der Waals surface area contributed by atoms with Gasteiger partial charge in [-0.25, -0.2) is 4.99 Å². The summed E-state index contributed by atoms with van der Waals surface area (Å²) in [7, 11) is 1.76. The van der Waals surface area contributed by atoms with Crippen LogP contribution < -0.4 is 5.32 Å². The number of aromatic hydroxyl groups is 1. The number of hydrogen-bond acceptors (Lipinski definition) is 5. The molecule has 0 radical (unpaired) electrons. The molecule has 8 heteroatoms. The number of nitrogens with zero attached hydrogens (tertiary/aromatic N) is 3. The molecule has 4 rings (SSSR count). The molecule has 0 aliphatic carbocycles. The molecule has 1 heterocycles. The summed E-state index contributed by atoms with van der Waals surface area (Å²) in [5.41, 5.74) is 4.32. The molecule has 0 unspecified atom stereocenters. The van der Waals surface area contributed by atoms with Crippen molar-refractivity contribution in [3.63, 3.8) is 0 Å². The number of benzene rings is 3. The summed E-state index contributed by atoms with van der Waals surface area (Å²) in [5.74, 6) is -0.247. The second-order valence-corrected chi connectivity index (χ2v) is 9.58. The van der Waals surface area contributed by atoms with E-state index in [1.165, 1.54) is 0 Å². The number of amides is 2. The fourth-order valence-electron chi connectivity index (χ4n) is 4.57. The van der Waals surface area contributed by atoms with Crippen LogP contribution in [0.5, 0.6) is 5.88 Å². The first-order chi connectivity index (χ1) is 19.4. The van der Waals surface area contributed by atoms with Gasteiger partial charge < -0.3 is 25.2 Å². The Hall–Kier alpha value is -4.43. The van der Waals surface area contributed by atoms with Crippen molar-refractivity contribution < 1.29 is 14.7 Å². The molecule has 0 spiro atoms. The van der Waals surface area contributed by atoms with Gasteiger partial charge in [-0.3, -0.25) is 9.59 Å². The molecule has 0 fully saturated rings. The van der Waals surface area contributed by atoms with E-state index >= 15 is 0 Å². The standard InChI is InChI=1S/C32H37N5O3/c1-5-36(4)32(40)24-15-18-26-27(21-24)35-31(39)28(26)29(22-11-9-8-10-12-22)34-25-16-13-23(14-17-25)30(38)33-19-20-37(6-2)7-3/h8-18,21,35,39H,5-7,19-20H2,1-4H3,(H,33,38). The summed E-state index contributed by atoms with van der Waals surface area (Å²) in [4.78, 5) is 37.2. The third kappa shape index (κ3) is 6.40. The van der Waals surface area contributed by atoms with Crippen molar-refractivity contribution in [1.82, 2.24) is 20.1 Å². The van der Waals surface area contributed by atoms with Gasteiger partial charge in [-0.2, -0.15) is 0 Å². The summed E-state index contributed by atoms with van der Waals surface area (Å²) in [6, 6.07) is 22.1. The molecule has 2 amide bonds. The van der Waals surface area contributed by atoms with Crippen LogP contribution in [0, 0.1) is 0 Å². The molecular formula is C32H37N5O3. The maximum Gasteiger partial charge on any atom is 0.253 e. The van der Waals surface area contributed by atoms with Gasteiger partial charge in [0.1, 0.15) is 0 Å². The zero-order valence-electron chi connectivity index (χ0n) is 23.6. The molecule has 4 aromatic rings. The lowest BCUT2D eigenvalue weighted by Crippen LogP contribution is -2.34. The third-order valence-corrected chi connectivity index (χ3v) is 7.11. The van der Waals surface area contributed by atoms with E-state index in [-0.39, 0.29) is 17.7 Å². The van der Waals surface area contributed by atoms with Crippen molar-refractivity contribution in [2.24, 2.45) is 4.99 Å². The van der Waals surface area contributed by atoms with Crippen LogP contribution in [0.1, 0.15) is 52.6 Å². The quantitative estimate of drug-likeness (QED) is 0.228. The molecule has 3 N–H and O–H groups in total. The molecule has 208 valence electrons. The predicted molar refractivity (Wildman–Crippen MR) is 161 cm³/mol. The van der Waals surface area contributed by atoms with Gasteiger partial charge in [-0.15, -0.1) is 0 Å². The first kappa shape index (κ1) is 28.6. The number of fused-ring (bicyclic) bond motifs is 1. The van der Waals surface area contributed by atoms with Crippen LogP contribution >= 0.6 is 0 Å². The second-order valence-electron chi connectivity index (χ2n) is 9.58. The number of likely N-dealkylation sites (N-methyl/N-ethyl adjacent to an activating group) is 1. The van der Waals surface area contributed by atoms with E-state index in [4.69, 9.17) is 4.99 Å². The topological polar surface area (TPSA) is 101 Å². The number of rotatable bonds is 11. The summed E-state index contributed by atoms with van der Waals surface area (Å²) in [6.07, 6.45) is 0. The Kier molecular flexibility index (Phi) is 9.35. The van der Waals surface area contributed by atoms with Crippen LogP contribution in [0.4, 0.5) is 5.69 Å². The zero-order valence-corrected chi connectivity index (χ0v) is 23.6. The molecule has 0 saturated carbocycles. The Bertz CT molecular complexity index is 1490. The van der Waals surface area contributed by atoms with Crippen LogP contribution in [0.15, 0.2) is 77.8 Å². The Morgan fingerprint density at radius 2 is 1.55 bits per heavy atom.